The third kappa shape index (κ3) is 4.70. The van der Waals surface area contributed by atoms with Crippen molar-refractivity contribution in [1.29, 1.82) is 0 Å². The molecule has 0 fully saturated rings. The largest absolute Gasteiger partial charge is 0.480 e. The van der Waals surface area contributed by atoms with Crippen LogP contribution in [0.15, 0.2) is 18.2 Å². The highest BCUT2D eigenvalue weighted by Crippen LogP contribution is 2.22. The van der Waals surface area contributed by atoms with Crippen LogP contribution in [0.25, 0.3) is 0 Å². The molecule has 1 aromatic rings. The first-order valence-electron chi connectivity index (χ1n) is 5.45. The van der Waals surface area contributed by atoms with Crippen LogP contribution in [0.2, 0.25) is 10.0 Å². The molecule has 2 atom stereocenters. The average molecular weight is 306 g/mol. The van der Waals surface area contributed by atoms with E-state index in [2.05, 4.69) is 5.32 Å². The Balaban J connectivity index is 2.69. The minimum atomic E-state index is -1.34. The number of aliphatic carboxylic acids is 1. The van der Waals surface area contributed by atoms with Gasteiger partial charge in [0.05, 0.1) is 22.6 Å². The van der Waals surface area contributed by atoms with Gasteiger partial charge < -0.3 is 15.5 Å². The summed E-state index contributed by atoms with van der Waals surface area (Å²) in [5, 5.41) is 21.0. The zero-order chi connectivity index (χ0) is 14.6. The lowest BCUT2D eigenvalue weighted by Gasteiger charge is -2.17. The van der Waals surface area contributed by atoms with Gasteiger partial charge in [-0.15, -0.1) is 0 Å². The van der Waals surface area contributed by atoms with Gasteiger partial charge in [-0.2, -0.15) is 0 Å². The summed E-state index contributed by atoms with van der Waals surface area (Å²) in [7, 11) is 0. The van der Waals surface area contributed by atoms with Gasteiger partial charge in [-0.3, -0.25) is 4.79 Å². The van der Waals surface area contributed by atoms with Crippen LogP contribution in [-0.2, 0) is 16.0 Å². The maximum Gasteiger partial charge on any atom is 0.328 e. The molecule has 5 nitrogen and oxygen atoms in total. The SMILES string of the molecule is CC(O)C(NC(=O)Cc1ccc(Cl)c(Cl)c1)C(=O)O. The van der Waals surface area contributed by atoms with Crippen LogP contribution in [0.3, 0.4) is 0 Å². The highest BCUT2D eigenvalue weighted by atomic mass is 35.5. The Morgan fingerprint density at radius 3 is 2.42 bits per heavy atom. The predicted molar refractivity (Wildman–Crippen MR) is 71.4 cm³/mol. The Hall–Kier alpha value is -1.30. The van der Waals surface area contributed by atoms with Crippen molar-refractivity contribution < 1.29 is 19.8 Å². The van der Waals surface area contributed by atoms with Gasteiger partial charge in [0.25, 0.3) is 0 Å². The zero-order valence-corrected chi connectivity index (χ0v) is 11.6. The molecular formula is C12H13Cl2NO4. The first-order valence-corrected chi connectivity index (χ1v) is 6.21. The monoisotopic (exact) mass is 305 g/mol. The number of carbonyl (C=O) groups excluding carboxylic acids is 1. The molecule has 19 heavy (non-hydrogen) atoms. The maximum absolute atomic E-state index is 11.7. The lowest BCUT2D eigenvalue weighted by molar-refractivity contribution is -0.144. The number of halogens is 2. The van der Waals surface area contributed by atoms with E-state index in [1.165, 1.54) is 13.0 Å². The number of hydrogen-bond acceptors (Lipinski definition) is 3. The third-order valence-electron chi connectivity index (χ3n) is 2.41. The quantitative estimate of drug-likeness (QED) is 0.769. The number of carbonyl (C=O) groups is 2. The molecule has 0 saturated carbocycles. The summed E-state index contributed by atoms with van der Waals surface area (Å²) in [6.45, 7) is 1.29. The van der Waals surface area contributed by atoms with Crippen molar-refractivity contribution in [2.75, 3.05) is 0 Å². The molecule has 0 aliphatic carbocycles. The van der Waals surface area contributed by atoms with Gasteiger partial charge in [-0.1, -0.05) is 29.3 Å². The van der Waals surface area contributed by atoms with Gasteiger partial charge in [0.2, 0.25) is 5.91 Å². The minimum absolute atomic E-state index is 0.0482. The van der Waals surface area contributed by atoms with Crippen molar-refractivity contribution >= 4 is 35.1 Å². The fraction of sp³-hybridized carbons (Fsp3) is 0.333. The van der Waals surface area contributed by atoms with E-state index in [1.54, 1.807) is 12.1 Å². The standard InChI is InChI=1S/C12H13Cl2NO4/c1-6(16)11(12(18)19)15-10(17)5-7-2-3-8(13)9(14)4-7/h2-4,6,11,16H,5H2,1H3,(H,15,17)(H,18,19). The summed E-state index contributed by atoms with van der Waals surface area (Å²) in [5.74, 6) is -1.82. The molecule has 0 heterocycles. The van der Waals surface area contributed by atoms with E-state index in [0.717, 1.165) is 0 Å². The molecule has 7 heteroatoms. The summed E-state index contributed by atoms with van der Waals surface area (Å²) in [6, 6.07) is 3.36. The number of aliphatic hydroxyl groups excluding tert-OH is 1. The second kappa shape index (κ2) is 6.75. The molecule has 0 aliphatic rings. The second-order valence-electron chi connectivity index (χ2n) is 4.05. The van der Waals surface area contributed by atoms with Crippen LogP contribution in [0.1, 0.15) is 12.5 Å². The van der Waals surface area contributed by atoms with E-state index >= 15 is 0 Å². The second-order valence-corrected chi connectivity index (χ2v) is 4.86. The van der Waals surface area contributed by atoms with Gasteiger partial charge in [0.15, 0.2) is 6.04 Å². The smallest absolute Gasteiger partial charge is 0.328 e. The van der Waals surface area contributed by atoms with E-state index < -0.39 is 24.0 Å². The first kappa shape index (κ1) is 15.8. The molecule has 0 saturated heterocycles. The highest BCUT2D eigenvalue weighted by Gasteiger charge is 2.24. The van der Waals surface area contributed by atoms with Crippen LogP contribution in [-0.4, -0.2) is 34.2 Å². The predicted octanol–water partition coefficient (Wildman–Crippen LogP) is 1.49. The van der Waals surface area contributed by atoms with E-state index in [4.69, 9.17) is 28.3 Å². The van der Waals surface area contributed by atoms with Crippen molar-refractivity contribution in [2.24, 2.45) is 0 Å². The molecule has 0 bridgehead atoms. The molecule has 1 rings (SSSR count). The average Bonchev–Trinajstić information content (AvgIpc) is 2.30. The molecule has 0 aliphatic heterocycles. The minimum Gasteiger partial charge on any atom is -0.480 e. The van der Waals surface area contributed by atoms with Crippen molar-refractivity contribution in [2.45, 2.75) is 25.5 Å². The molecule has 2 unspecified atom stereocenters. The van der Waals surface area contributed by atoms with Crippen LogP contribution in [0.4, 0.5) is 0 Å². The lowest BCUT2D eigenvalue weighted by atomic mass is 10.1. The Kier molecular flexibility index (Phi) is 5.60. The summed E-state index contributed by atoms with van der Waals surface area (Å²) in [6.07, 6.45) is -1.23. The topological polar surface area (TPSA) is 86.6 Å². The number of amides is 1. The normalized spacial score (nSPS) is 13.7. The van der Waals surface area contributed by atoms with Crippen molar-refractivity contribution in [3.63, 3.8) is 0 Å². The molecule has 0 radical (unpaired) electrons. The van der Waals surface area contributed by atoms with E-state index in [9.17, 15) is 14.7 Å². The molecule has 1 aromatic carbocycles. The number of nitrogens with one attached hydrogen (secondary N) is 1. The lowest BCUT2D eigenvalue weighted by Crippen LogP contribution is -2.48. The molecule has 0 aromatic heterocycles. The fourth-order valence-corrected chi connectivity index (χ4v) is 1.77. The molecular weight excluding hydrogens is 293 g/mol. The Labute approximate surface area is 120 Å². The fourth-order valence-electron chi connectivity index (χ4n) is 1.45. The van der Waals surface area contributed by atoms with Gasteiger partial charge in [-0.05, 0) is 24.6 Å². The molecule has 1 amide bonds. The number of rotatable bonds is 5. The maximum atomic E-state index is 11.7. The summed E-state index contributed by atoms with van der Waals surface area (Å²) in [4.78, 5) is 22.5. The summed E-state index contributed by atoms with van der Waals surface area (Å²) in [5.41, 5.74) is 0.599. The van der Waals surface area contributed by atoms with Gasteiger partial charge in [0, 0.05) is 0 Å². The third-order valence-corrected chi connectivity index (χ3v) is 3.15. The van der Waals surface area contributed by atoms with Gasteiger partial charge in [-0.25, -0.2) is 4.79 Å². The number of aliphatic hydroxyl groups is 1. The van der Waals surface area contributed by atoms with E-state index in [-0.39, 0.29) is 6.42 Å². The Morgan fingerprint density at radius 2 is 1.95 bits per heavy atom. The van der Waals surface area contributed by atoms with Crippen molar-refractivity contribution in [3.05, 3.63) is 33.8 Å². The van der Waals surface area contributed by atoms with Crippen molar-refractivity contribution in [3.8, 4) is 0 Å². The number of benzene rings is 1. The van der Waals surface area contributed by atoms with Crippen LogP contribution in [0, 0.1) is 0 Å². The van der Waals surface area contributed by atoms with E-state index in [1.807, 2.05) is 0 Å². The molecule has 0 spiro atoms. The van der Waals surface area contributed by atoms with Gasteiger partial charge >= 0.3 is 5.97 Å². The van der Waals surface area contributed by atoms with Crippen LogP contribution in [0.5, 0.6) is 0 Å². The highest BCUT2D eigenvalue weighted by molar-refractivity contribution is 6.42. The molecule has 104 valence electrons. The number of carboxylic acid groups (broad SMARTS) is 1. The Morgan fingerprint density at radius 1 is 1.32 bits per heavy atom. The number of hydrogen-bond donors (Lipinski definition) is 3. The zero-order valence-electron chi connectivity index (χ0n) is 10.1. The molecule has 3 N–H and O–H groups in total. The van der Waals surface area contributed by atoms with Crippen LogP contribution < -0.4 is 5.32 Å². The van der Waals surface area contributed by atoms with Gasteiger partial charge in [0.1, 0.15) is 0 Å². The summed E-state index contributed by atoms with van der Waals surface area (Å²) < 4.78 is 0. The van der Waals surface area contributed by atoms with Crippen molar-refractivity contribution in [1.82, 2.24) is 5.32 Å². The first-order chi connectivity index (χ1) is 8.81. The Bertz CT molecular complexity index is 491. The number of carboxylic acids is 1. The summed E-state index contributed by atoms with van der Waals surface area (Å²) >= 11 is 11.5. The van der Waals surface area contributed by atoms with Crippen LogP contribution >= 0.6 is 23.2 Å². The van der Waals surface area contributed by atoms with E-state index in [0.29, 0.717) is 15.6 Å².